The van der Waals surface area contributed by atoms with Crippen LogP contribution in [0.15, 0.2) is 102 Å². The third kappa shape index (κ3) is 9.26. The van der Waals surface area contributed by atoms with Gasteiger partial charge in [0.05, 0.1) is 24.8 Å². The Bertz CT molecular complexity index is 1830. The van der Waals surface area contributed by atoms with E-state index < -0.39 is 45.8 Å². The number of hydrogen-bond donors (Lipinski definition) is 1. The third-order valence-electron chi connectivity index (χ3n) is 7.35. The zero-order valence-corrected chi connectivity index (χ0v) is 29.0. The number of benzene rings is 4. The van der Waals surface area contributed by atoms with Crippen molar-refractivity contribution < 1.29 is 31.9 Å². The summed E-state index contributed by atoms with van der Waals surface area (Å²) in [4.78, 5) is 29.7. The van der Waals surface area contributed by atoms with Crippen molar-refractivity contribution in [3.8, 4) is 11.5 Å². The van der Waals surface area contributed by atoms with Crippen molar-refractivity contribution in [3.63, 3.8) is 0 Å². The standard InChI is InChI=1S/C36H39ClFN3O6S/c1-36(2,3)39-35(43)31(21-25-10-7-6-8-11-25)40(23-26-12-9-13-27(37)20-26)34(42)24-41(29-16-14-28(38)15-17-29)48(44,45)30-18-19-32(46-4)33(22-30)47-5/h6-20,22,31H,21,23-24H2,1-5H3,(H,39,43)/t31-/m0/s1. The van der Waals surface area contributed by atoms with E-state index in [1.54, 1.807) is 24.3 Å². The van der Waals surface area contributed by atoms with E-state index in [9.17, 15) is 22.4 Å². The number of anilines is 1. The van der Waals surface area contributed by atoms with Crippen LogP contribution < -0.4 is 19.1 Å². The molecule has 2 amide bonds. The van der Waals surface area contributed by atoms with Crippen molar-refractivity contribution in [2.24, 2.45) is 0 Å². The Labute approximate surface area is 286 Å². The third-order valence-corrected chi connectivity index (χ3v) is 9.35. The molecule has 0 saturated carbocycles. The average molecular weight is 696 g/mol. The maximum atomic E-state index is 14.6. The normalized spacial score (nSPS) is 12.1. The first-order valence-corrected chi connectivity index (χ1v) is 16.9. The second-order valence-electron chi connectivity index (χ2n) is 12.1. The van der Waals surface area contributed by atoms with Crippen molar-refractivity contribution in [2.75, 3.05) is 25.1 Å². The number of sulfonamides is 1. The van der Waals surface area contributed by atoms with Crippen LogP contribution in [-0.4, -0.2) is 57.5 Å². The topological polar surface area (TPSA) is 105 Å². The fourth-order valence-corrected chi connectivity index (χ4v) is 6.72. The van der Waals surface area contributed by atoms with Crippen LogP contribution in [-0.2, 0) is 32.6 Å². The van der Waals surface area contributed by atoms with Crippen molar-refractivity contribution in [1.82, 2.24) is 10.2 Å². The number of rotatable bonds is 13. The smallest absolute Gasteiger partial charge is 0.264 e. The Morgan fingerprint density at radius 1 is 0.854 bits per heavy atom. The van der Waals surface area contributed by atoms with Crippen LogP contribution in [0.3, 0.4) is 0 Å². The molecule has 1 N–H and O–H groups in total. The lowest BCUT2D eigenvalue weighted by Crippen LogP contribution is -2.56. The molecule has 48 heavy (non-hydrogen) atoms. The quantitative estimate of drug-likeness (QED) is 0.177. The number of nitrogens with one attached hydrogen (secondary N) is 1. The summed E-state index contributed by atoms with van der Waals surface area (Å²) in [7, 11) is -1.66. The molecule has 0 aliphatic rings. The van der Waals surface area contributed by atoms with Crippen LogP contribution in [0, 0.1) is 5.82 Å². The first-order chi connectivity index (χ1) is 22.7. The summed E-state index contributed by atoms with van der Waals surface area (Å²) in [6, 6.07) is 23.9. The summed E-state index contributed by atoms with van der Waals surface area (Å²) in [5.74, 6) is -1.21. The van der Waals surface area contributed by atoms with E-state index in [1.807, 2.05) is 51.1 Å². The first kappa shape index (κ1) is 36.2. The Morgan fingerprint density at radius 3 is 2.10 bits per heavy atom. The van der Waals surface area contributed by atoms with Gasteiger partial charge in [0.25, 0.3) is 10.0 Å². The van der Waals surface area contributed by atoms with Gasteiger partial charge in [0.15, 0.2) is 11.5 Å². The molecule has 4 aromatic carbocycles. The predicted octanol–water partition coefficient (Wildman–Crippen LogP) is 6.25. The Morgan fingerprint density at radius 2 is 1.50 bits per heavy atom. The van der Waals surface area contributed by atoms with E-state index in [-0.39, 0.29) is 29.3 Å². The summed E-state index contributed by atoms with van der Waals surface area (Å²) < 4.78 is 54.1. The molecule has 254 valence electrons. The molecule has 0 fully saturated rings. The fourth-order valence-electron chi connectivity index (χ4n) is 5.08. The minimum atomic E-state index is -4.46. The highest BCUT2D eigenvalue weighted by atomic mass is 35.5. The van der Waals surface area contributed by atoms with Gasteiger partial charge in [-0.3, -0.25) is 13.9 Å². The number of methoxy groups -OCH3 is 2. The highest BCUT2D eigenvalue weighted by molar-refractivity contribution is 7.92. The van der Waals surface area contributed by atoms with E-state index in [0.717, 1.165) is 22.0 Å². The maximum absolute atomic E-state index is 14.6. The van der Waals surface area contributed by atoms with Crippen LogP contribution in [0.5, 0.6) is 11.5 Å². The highest BCUT2D eigenvalue weighted by Crippen LogP contribution is 2.32. The molecule has 0 heterocycles. The number of ether oxygens (including phenoxy) is 2. The van der Waals surface area contributed by atoms with Crippen LogP contribution in [0.25, 0.3) is 0 Å². The maximum Gasteiger partial charge on any atom is 0.264 e. The molecule has 0 bridgehead atoms. The molecule has 0 saturated heterocycles. The first-order valence-electron chi connectivity index (χ1n) is 15.1. The Hall–Kier alpha value is -4.61. The summed E-state index contributed by atoms with van der Waals surface area (Å²) in [6.07, 6.45) is 0.147. The van der Waals surface area contributed by atoms with E-state index >= 15 is 0 Å². The predicted molar refractivity (Wildman–Crippen MR) is 184 cm³/mol. The van der Waals surface area contributed by atoms with Gasteiger partial charge in [0.2, 0.25) is 11.8 Å². The van der Waals surface area contributed by atoms with Gasteiger partial charge < -0.3 is 19.7 Å². The molecule has 0 aliphatic carbocycles. The van der Waals surface area contributed by atoms with Crippen LogP contribution in [0.4, 0.5) is 10.1 Å². The van der Waals surface area contributed by atoms with Crippen molar-refractivity contribution in [1.29, 1.82) is 0 Å². The number of carbonyl (C=O) groups excluding carboxylic acids is 2. The lowest BCUT2D eigenvalue weighted by Gasteiger charge is -2.35. The molecule has 12 heteroatoms. The van der Waals surface area contributed by atoms with E-state index in [0.29, 0.717) is 16.3 Å². The van der Waals surface area contributed by atoms with Gasteiger partial charge in [0.1, 0.15) is 18.4 Å². The monoisotopic (exact) mass is 695 g/mol. The van der Waals surface area contributed by atoms with E-state index in [2.05, 4.69) is 5.32 Å². The van der Waals surface area contributed by atoms with Crippen molar-refractivity contribution in [2.45, 2.75) is 50.2 Å². The fraction of sp³-hybridized carbons (Fsp3) is 0.278. The molecule has 1 atom stereocenters. The molecule has 4 aromatic rings. The van der Waals surface area contributed by atoms with Crippen molar-refractivity contribution in [3.05, 3.63) is 119 Å². The lowest BCUT2D eigenvalue weighted by atomic mass is 10.0. The molecule has 0 unspecified atom stereocenters. The average Bonchev–Trinajstić information content (AvgIpc) is 3.04. The Balaban J connectivity index is 1.84. The molecular weight excluding hydrogens is 657 g/mol. The van der Waals surface area contributed by atoms with Gasteiger partial charge >= 0.3 is 0 Å². The molecule has 0 aliphatic heterocycles. The van der Waals surface area contributed by atoms with Gasteiger partial charge in [-0.2, -0.15) is 0 Å². The molecule has 9 nitrogen and oxygen atoms in total. The number of nitrogens with zero attached hydrogens (tertiary/aromatic N) is 2. The summed E-state index contributed by atoms with van der Waals surface area (Å²) in [5, 5.41) is 3.42. The molecule has 4 rings (SSSR count). The molecule has 0 radical (unpaired) electrons. The number of carbonyl (C=O) groups is 2. The second-order valence-corrected chi connectivity index (χ2v) is 14.4. The second kappa shape index (κ2) is 15.5. The summed E-state index contributed by atoms with van der Waals surface area (Å²) in [5.41, 5.74) is 0.839. The summed E-state index contributed by atoms with van der Waals surface area (Å²) in [6.45, 7) is 4.73. The van der Waals surface area contributed by atoms with E-state index in [4.69, 9.17) is 21.1 Å². The largest absolute Gasteiger partial charge is 0.493 e. The number of hydrogen-bond acceptors (Lipinski definition) is 6. The van der Waals surface area contributed by atoms with Crippen LogP contribution >= 0.6 is 11.6 Å². The molecule has 0 aromatic heterocycles. The molecule has 0 spiro atoms. The van der Waals surface area contributed by atoms with Crippen molar-refractivity contribution >= 4 is 39.1 Å². The van der Waals surface area contributed by atoms with Gasteiger partial charge in [-0.15, -0.1) is 0 Å². The zero-order chi connectivity index (χ0) is 35.1. The minimum Gasteiger partial charge on any atom is -0.493 e. The van der Waals surface area contributed by atoms with Gasteiger partial charge in [-0.1, -0.05) is 54.1 Å². The summed E-state index contributed by atoms with van der Waals surface area (Å²) >= 11 is 6.30. The number of halogens is 2. The SMILES string of the molecule is COc1ccc(S(=O)(=O)N(CC(=O)N(Cc2cccc(Cl)c2)[C@@H](Cc2ccccc2)C(=O)NC(C)(C)C)c2ccc(F)cc2)cc1OC. The van der Waals surface area contributed by atoms with Gasteiger partial charge in [-0.25, -0.2) is 12.8 Å². The highest BCUT2D eigenvalue weighted by Gasteiger charge is 2.36. The molecular formula is C36H39ClFN3O6S. The Kier molecular flexibility index (Phi) is 11.7. The number of amides is 2. The van der Waals surface area contributed by atoms with E-state index in [1.165, 1.54) is 49.5 Å². The van der Waals surface area contributed by atoms with Gasteiger partial charge in [-0.05, 0) is 80.4 Å². The lowest BCUT2D eigenvalue weighted by molar-refractivity contribution is -0.140. The van der Waals surface area contributed by atoms with Crippen LogP contribution in [0.2, 0.25) is 5.02 Å². The van der Waals surface area contributed by atoms with Gasteiger partial charge in [0, 0.05) is 29.6 Å². The minimum absolute atomic E-state index is 0.0426. The van der Waals surface area contributed by atoms with Crippen LogP contribution in [0.1, 0.15) is 31.9 Å². The zero-order valence-electron chi connectivity index (χ0n) is 27.4.